The van der Waals surface area contributed by atoms with E-state index >= 15 is 0 Å². The predicted molar refractivity (Wildman–Crippen MR) is 96.2 cm³/mol. The van der Waals surface area contributed by atoms with Crippen LogP contribution in [0, 0.1) is 18.8 Å². The topological polar surface area (TPSA) is 37.4 Å². The highest BCUT2D eigenvalue weighted by Crippen LogP contribution is 2.42. The third-order valence-corrected chi connectivity index (χ3v) is 7.66. The summed E-state index contributed by atoms with van der Waals surface area (Å²) in [6.45, 7) is 3.24. The highest BCUT2D eigenvalue weighted by Gasteiger charge is 2.41. The van der Waals surface area contributed by atoms with E-state index in [1.807, 2.05) is 19.1 Å². The fraction of sp³-hybridized carbons (Fsp3) is 0.500. The number of aryl methyl sites for hydroxylation is 1. The van der Waals surface area contributed by atoms with Gasteiger partial charge in [0, 0.05) is 19.0 Å². The highest BCUT2D eigenvalue weighted by atomic mass is 32.2. The van der Waals surface area contributed by atoms with Crippen LogP contribution in [0.2, 0.25) is 0 Å². The maximum atomic E-state index is 13.0. The minimum Gasteiger partial charge on any atom is -0.207 e. The molecule has 3 aliphatic rings. The van der Waals surface area contributed by atoms with E-state index in [0.29, 0.717) is 29.8 Å². The van der Waals surface area contributed by atoms with E-state index in [9.17, 15) is 8.42 Å². The van der Waals surface area contributed by atoms with Crippen molar-refractivity contribution in [2.75, 3.05) is 13.1 Å². The van der Waals surface area contributed by atoms with E-state index in [-0.39, 0.29) is 0 Å². The minimum atomic E-state index is -3.39. The van der Waals surface area contributed by atoms with Crippen LogP contribution in [0.3, 0.4) is 0 Å². The van der Waals surface area contributed by atoms with Crippen molar-refractivity contribution >= 4 is 10.0 Å². The Hall–Kier alpha value is -1.39. The molecule has 0 saturated carbocycles. The minimum absolute atomic E-state index is 0.343. The predicted octanol–water partition coefficient (Wildman–Crippen LogP) is 4.06. The van der Waals surface area contributed by atoms with Crippen LogP contribution >= 0.6 is 0 Å². The number of allylic oxidation sites excluding steroid dienone is 2. The zero-order valence-electron chi connectivity index (χ0n) is 14.2. The van der Waals surface area contributed by atoms with Crippen molar-refractivity contribution in [1.29, 1.82) is 0 Å². The summed E-state index contributed by atoms with van der Waals surface area (Å²) in [5.41, 5.74) is 4.23. The first-order valence-electron chi connectivity index (χ1n) is 9.00. The fourth-order valence-corrected chi connectivity index (χ4v) is 5.97. The van der Waals surface area contributed by atoms with Gasteiger partial charge in [-0.2, -0.15) is 4.31 Å². The van der Waals surface area contributed by atoms with E-state index in [1.54, 1.807) is 27.6 Å². The Morgan fingerprint density at radius 3 is 2.58 bits per heavy atom. The molecule has 1 aromatic rings. The number of nitrogens with zero attached hydrogens (tertiary/aromatic N) is 1. The van der Waals surface area contributed by atoms with Gasteiger partial charge < -0.3 is 0 Å². The molecule has 1 aliphatic heterocycles. The summed E-state index contributed by atoms with van der Waals surface area (Å²) in [5.74, 6) is 0.732. The summed E-state index contributed by atoms with van der Waals surface area (Å²) in [6.07, 6.45) is 10.5. The summed E-state index contributed by atoms with van der Waals surface area (Å²) in [6, 6.07) is 7.23. The quantitative estimate of drug-likeness (QED) is 0.759. The lowest BCUT2D eigenvalue weighted by atomic mass is 9.80. The molecule has 1 aromatic carbocycles. The van der Waals surface area contributed by atoms with E-state index in [1.165, 1.54) is 19.3 Å². The van der Waals surface area contributed by atoms with E-state index in [2.05, 4.69) is 12.2 Å². The Balaban J connectivity index is 1.64. The molecule has 0 spiro atoms. The summed E-state index contributed by atoms with van der Waals surface area (Å²) in [7, 11) is -3.39. The second-order valence-corrected chi connectivity index (χ2v) is 9.31. The van der Waals surface area contributed by atoms with Crippen molar-refractivity contribution in [1.82, 2.24) is 4.31 Å². The monoisotopic (exact) mass is 343 g/mol. The first-order chi connectivity index (χ1) is 11.6. The highest BCUT2D eigenvalue weighted by molar-refractivity contribution is 7.89. The van der Waals surface area contributed by atoms with E-state index in [4.69, 9.17) is 0 Å². The largest absolute Gasteiger partial charge is 0.243 e. The van der Waals surface area contributed by atoms with Crippen LogP contribution in [0.15, 0.2) is 52.5 Å². The Morgan fingerprint density at radius 1 is 1.04 bits per heavy atom. The fourth-order valence-electron chi connectivity index (χ4n) is 4.47. The molecule has 0 N–H and O–H groups in total. The van der Waals surface area contributed by atoms with Crippen LogP contribution in [0.25, 0.3) is 0 Å². The molecule has 0 unspecified atom stereocenters. The van der Waals surface area contributed by atoms with Gasteiger partial charge in [0.05, 0.1) is 4.90 Å². The summed E-state index contributed by atoms with van der Waals surface area (Å²) in [4.78, 5) is 0.423. The SMILES string of the molecule is Cc1ccc(S(=O)(=O)N2C[C@@H]3C4=C(CC=C[C@H]3C2)CCCC4)cc1. The third kappa shape index (κ3) is 2.76. The van der Waals surface area contributed by atoms with Gasteiger partial charge in [-0.05, 0) is 57.1 Å². The molecule has 1 fully saturated rings. The van der Waals surface area contributed by atoms with E-state index < -0.39 is 10.0 Å². The van der Waals surface area contributed by atoms with Gasteiger partial charge in [-0.15, -0.1) is 0 Å². The lowest BCUT2D eigenvalue weighted by molar-refractivity contribution is 0.461. The van der Waals surface area contributed by atoms with Gasteiger partial charge in [-0.25, -0.2) is 8.42 Å². The second kappa shape index (κ2) is 6.16. The second-order valence-electron chi connectivity index (χ2n) is 7.37. The van der Waals surface area contributed by atoms with E-state index in [0.717, 1.165) is 18.4 Å². The molecule has 0 aromatic heterocycles. The smallest absolute Gasteiger partial charge is 0.207 e. The Labute approximate surface area is 145 Å². The number of rotatable bonds is 2. The summed E-state index contributed by atoms with van der Waals surface area (Å²) in [5, 5.41) is 0. The van der Waals surface area contributed by atoms with Gasteiger partial charge in [0.2, 0.25) is 10.0 Å². The molecular weight excluding hydrogens is 318 g/mol. The van der Waals surface area contributed by atoms with Gasteiger partial charge in [0.1, 0.15) is 0 Å². The molecular formula is C20H25NO2S. The van der Waals surface area contributed by atoms with Crippen molar-refractivity contribution in [3.05, 3.63) is 53.1 Å². The Morgan fingerprint density at radius 2 is 1.79 bits per heavy atom. The molecule has 4 heteroatoms. The molecule has 2 aliphatic carbocycles. The van der Waals surface area contributed by atoms with Gasteiger partial charge in [0.25, 0.3) is 0 Å². The number of benzene rings is 1. The lowest BCUT2D eigenvalue weighted by Gasteiger charge is -2.25. The third-order valence-electron chi connectivity index (χ3n) is 5.81. The average molecular weight is 343 g/mol. The molecule has 128 valence electrons. The van der Waals surface area contributed by atoms with Gasteiger partial charge >= 0.3 is 0 Å². The standard InChI is InChI=1S/C20H25NO2S/c1-15-9-11-18(12-10-15)24(22,23)21-13-17-7-4-6-16-5-2-3-8-19(16)20(17)14-21/h4,7,9-12,17,20H,2-3,5-6,8,13-14H2,1H3/t17-,20-/m0/s1. The van der Waals surface area contributed by atoms with Crippen molar-refractivity contribution < 1.29 is 8.42 Å². The van der Waals surface area contributed by atoms with Gasteiger partial charge in [-0.3, -0.25) is 0 Å². The molecule has 3 nitrogen and oxygen atoms in total. The summed E-state index contributed by atoms with van der Waals surface area (Å²) >= 11 is 0. The average Bonchev–Trinajstić information content (AvgIpc) is 2.93. The van der Waals surface area contributed by atoms with Crippen LogP contribution in [0.1, 0.15) is 37.7 Å². The lowest BCUT2D eigenvalue weighted by Crippen LogP contribution is -2.29. The van der Waals surface area contributed by atoms with Crippen molar-refractivity contribution in [3.63, 3.8) is 0 Å². The molecule has 0 radical (unpaired) electrons. The number of sulfonamides is 1. The maximum absolute atomic E-state index is 13.0. The van der Waals surface area contributed by atoms with Crippen molar-refractivity contribution in [2.24, 2.45) is 11.8 Å². The van der Waals surface area contributed by atoms with Crippen molar-refractivity contribution in [2.45, 2.75) is 43.9 Å². The Kier molecular flexibility index (Phi) is 4.13. The molecule has 0 amide bonds. The van der Waals surface area contributed by atoms with Crippen LogP contribution in [0.5, 0.6) is 0 Å². The normalized spacial score (nSPS) is 27.7. The zero-order chi connectivity index (χ0) is 16.7. The molecule has 1 heterocycles. The van der Waals surface area contributed by atoms with Crippen LogP contribution in [-0.2, 0) is 10.0 Å². The first-order valence-corrected chi connectivity index (χ1v) is 10.4. The van der Waals surface area contributed by atoms with Crippen molar-refractivity contribution in [3.8, 4) is 0 Å². The van der Waals surface area contributed by atoms with Gasteiger partial charge in [-0.1, -0.05) is 41.0 Å². The zero-order valence-corrected chi connectivity index (χ0v) is 15.1. The number of hydrogen-bond acceptors (Lipinski definition) is 2. The molecule has 1 saturated heterocycles. The Bertz CT molecular complexity index is 789. The van der Waals surface area contributed by atoms with Gasteiger partial charge in [0.15, 0.2) is 0 Å². The van der Waals surface area contributed by atoms with Crippen LogP contribution in [-0.4, -0.2) is 25.8 Å². The van der Waals surface area contributed by atoms with Crippen LogP contribution in [0.4, 0.5) is 0 Å². The number of hydrogen-bond donors (Lipinski definition) is 0. The first kappa shape index (κ1) is 16.1. The maximum Gasteiger partial charge on any atom is 0.243 e. The van der Waals surface area contributed by atoms with Crippen LogP contribution < -0.4 is 0 Å². The molecule has 0 bridgehead atoms. The number of fused-ring (bicyclic) bond motifs is 2. The molecule has 2 atom stereocenters. The molecule has 4 rings (SSSR count). The molecule has 24 heavy (non-hydrogen) atoms. The summed E-state index contributed by atoms with van der Waals surface area (Å²) < 4.78 is 27.8.